The molecule has 1 saturated carbocycles. The van der Waals surface area contributed by atoms with Crippen LogP contribution in [0.15, 0.2) is 0 Å². The third-order valence-corrected chi connectivity index (χ3v) is 5.54. The van der Waals surface area contributed by atoms with Crippen LogP contribution in [0.2, 0.25) is 0 Å². The van der Waals surface area contributed by atoms with Gasteiger partial charge < -0.3 is 0 Å². The highest BCUT2D eigenvalue weighted by molar-refractivity contribution is 5.80. The summed E-state index contributed by atoms with van der Waals surface area (Å²) < 4.78 is 0. The number of hydrogen-bond donors (Lipinski definition) is 0. The molecule has 0 N–H and O–H groups in total. The summed E-state index contributed by atoms with van der Waals surface area (Å²) in [6, 6.07) is 1.96. The van der Waals surface area contributed by atoms with E-state index in [2.05, 4.69) is 11.8 Å². The Bertz CT molecular complexity index is 298. The van der Waals surface area contributed by atoms with Crippen LogP contribution in [0.1, 0.15) is 71.1 Å². The maximum absolute atomic E-state index is 11.8. The molecule has 0 amide bonds. The van der Waals surface area contributed by atoms with Gasteiger partial charge in [-0.25, -0.2) is 0 Å². The maximum Gasteiger partial charge on any atom is 0.136 e. The van der Waals surface area contributed by atoms with Crippen molar-refractivity contribution in [3.8, 4) is 0 Å². The Morgan fingerprint density at radius 1 is 0.889 bits per heavy atom. The largest absolute Gasteiger partial charge is 0.300 e. The van der Waals surface area contributed by atoms with Crippen molar-refractivity contribution in [3.63, 3.8) is 0 Å². The molecule has 18 heavy (non-hydrogen) atoms. The molecular weight excluding hydrogens is 222 g/mol. The summed E-state index contributed by atoms with van der Waals surface area (Å²) in [6.45, 7) is 2.45. The number of fused-ring (bicyclic) bond motifs is 2. The molecule has 0 aromatic carbocycles. The Kier molecular flexibility index (Phi) is 3.74. The lowest BCUT2D eigenvalue weighted by Gasteiger charge is -2.51. The Hall–Kier alpha value is -0.370. The van der Waals surface area contributed by atoms with Gasteiger partial charge in [0, 0.05) is 31.0 Å². The van der Waals surface area contributed by atoms with Crippen molar-refractivity contribution >= 4 is 5.78 Å². The Balaban J connectivity index is 1.78. The van der Waals surface area contributed by atoms with E-state index in [-0.39, 0.29) is 0 Å². The van der Waals surface area contributed by atoms with Crippen LogP contribution in [-0.4, -0.2) is 28.8 Å². The average molecular weight is 249 g/mol. The highest BCUT2D eigenvalue weighted by atomic mass is 16.1. The van der Waals surface area contributed by atoms with E-state index in [4.69, 9.17) is 0 Å². The average Bonchev–Trinajstić information content (AvgIpc) is 2.53. The molecule has 0 spiro atoms. The number of carbonyl (C=O) groups excluding carboxylic acids is 1. The van der Waals surface area contributed by atoms with E-state index in [9.17, 15) is 4.79 Å². The van der Waals surface area contributed by atoms with Crippen molar-refractivity contribution in [1.29, 1.82) is 0 Å². The minimum absolute atomic E-state index is 0.530. The third kappa shape index (κ3) is 2.36. The molecule has 2 heterocycles. The summed E-state index contributed by atoms with van der Waals surface area (Å²) in [5.41, 5.74) is 0. The van der Waals surface area contributed by atoms with Gasteiger partial charge >= 0.3 is 0 Å². The highest BCUT2D eigenvalue weighted by Gasteiger charge is 2.42. The second kappa shape index (κ2) is 5.32. The second-order valence-corrected chi connectivity index (χ2v) is 6.82. The molecule has 0 aromatic rings. The molecule has 4 atom stereocenters. The number of carbonyl (C=O) groups is 1. The fourth-order valence-electron chi connectivity index (χ4n) is 4.67. The summed E-state index contributed by atoms with van der Waals surface area (Å²) in [7, 11) is 0. The molecule has 0 aromatic heterocycles. The van der Waals surface area contributed by atoms with E-state index in [1.807, 2.05) is 0 Å². The number of hydrogen-bond acceptors (Lipinski definition) is 2. The quantitative estimate of drug-likeness (QED) is 0.662. The first-order chi connectivity index (χ1) is 8.75. The molecule has 4 unspecified atom stereocenters. The van der Waals surface area contributed by atoms with Crippen LogP contribution in [0.3, 0.4) is 0 Å². The van der Waals surface area contributed by atoms with Crippen molar-refractivity contribution in [2.45, 2.75) is 89.3 Å². The van der Waals surface area contributed by atoms with Gasteiger partial charge in [0.1, 0.15) is 5.78 Å². The zero-order chi connectivity index (χ0) is 12.5. The number of ketones is 1. The molecule has 2 saturated heterocycles. The van der Waals surface area contributed by atoms with Crippen molar-refractivity contribution < 1.29 is 4.79 Å². The molecule has 2 aliphatic heterocycles. The lowest BCUT2D eigenvalue weighted by molar-refractivity contribution is -0.129. The zero-order valence-electron chi connectivity index (χ0n) is 11.7. The Labute approximate surface area is 111 Å². The van der Waals surface area contributed by atoms with Crippen molar-refractivity contribution in [3.05, 3.63) is 0 Å². The van der Waals surface area contributed by atoms with Crippen LogP contribution >= 0.6 is 0 Å². The van der Waals surface area contributed by atoms with Gasteiger partial charge in [0.15, 0.2) is 0 Å². The third-order valence-electron chi connectivity index (χ3n) is 5.54. The summed E-state index contributed by atoms with van der Waals surface area (Å²) in [5.74, 6) is 1.37. The van der Waals surface area contributed by atoms with Gasteiger partial charge in [-0.3, -0.25) is 9.69 Å². The molecule has 2 nitrogen and oxygen atoms in total. The van der Waals surface area contributed by atoms with Crippen LogP contribution < -0.4 is 0 Å². The number of nitrogens with zero attached hydrogens (tertiary/aromatic N) is 1. The lowest BCUT2D eigenvalue weighted by atomic mass is 9.80. The van der Waals surface area contributed by atoms with E-state index >= 15 is 0 Å². The Morgan fingerprint density at radius 3 is 2.28 bits per heavy atom. The first-order valence-corrected chi connectivity index (χ1v) is 8.05. The molecule has 102 valence electrons. The number of rotatable bonds is 1. The number of piperidine rings is 2. The standard InChI is InChI=1S/C16H27NO/c1-12-6-3-2-4-9-16(12)17-13-7-5-8-14(17)11-15(18)10-13/h12-14,16H,2-11H2,1H3. The summed E-state index contributed by atoms with van der Waals surface area (Å²) in [5, 5.41) is 0. The van der Waals surface area contributed by atoms with Crippen molar-refractivity contribution in [2.75, 3.05) is 0 Å². The van der Waals surface area contributed by atoms with E-state index in [0.717, 1.165) is 24.8 Å². The van der Waals surface area contributed by atoms with Crippen molar-refractivity contribution in [1.82, 2.24) is 4.90 Å². The lowest BCUT2D eigenvalue weighted by Crippen LogP contribution is -2.58. The minimum atomic E-state index is 0.530. The molecular formula is C16H27NO. The minimum Gasteiger partial charge on any atom is -0.300 e. The molecule has 3 rings (SSSR count). The molecule has 1 aliphatic carbocycles. The van der Waals surface area contributed by atoms with E-state index in [1.54, 1.807) is 0 Å². The van der Waals surface area contributed by atoms with E-state index < -0.39 is 0 Å². The monoisotopic (exact) mass is 249 g/mol. The van der Waals surface area contributed by atoms with E-state index in [0.29, 0.717) is 17.9 Å². The predicted molar refractivity (Wildman–Crippen MR) is 73.5 cm³/mol. The van der Waals surface area contributed by atoms with Gasteiger partial charge in [0.2, 0.25) is 0 Å². The van der Waals surface area contributed by atoms with Gasteiger partial charge in [0.05, 0.1) is 0 Å². The predicted octanol–water partition coefficient (Wildman–Crippen LogP) is 3.54. The molecule has 2 heteroatoms. The van der Waals surface area contributed by atoms with Gasteiger partial charge in [-0.15, -0.1) is 0 Å². The van der Waals surface area contributed by atoms with Crippen LogP contribution in [0.5, 0.6) is 0 Å². The van der Waals surface area contributed by atoms with Crippen LogP contribution in [0.4, 0.5) is 0 Å². The van der Waals surface area contributed by atoms with Gasteiger partial charge in [-0.2, -0.15) is 0 Å². The zero-order valence-corrected chi connectivity index (χ0v) is 11.7. The van der Waals surface area contributed by atoms with E-state index in [1.165, 1.54) is 51.4 Å². The van der Waals surface area contributed by atoms with Gasteiger partial charge in [-0.05, 0) is 31.6 Å². The Morgan fingerprint density at radius 2 is 1.56 bits per heavy atom. The highest BCUT2D eigenvalue weighted by Crippen LogP contribution is 2.39. The maximum atomic E-state index is 11.8. The molecule has 2 bridgehead atoms. The molecule has 0 radical (unpaired) electrons. The van der Waals surface area contributed by atoms with Gasteiger partial charge in [0.25, 0.3) is 0 Å². The van der Waals surface area contributed by atoms with Crippen molar-refractivity contribution in [2.24, 2.45) is 5.92 Å². The van der Waals surface area contributed by atoms with Crippen LogP contribution in [0.25, 0.3) is 0 Å². The summed E-state index contributed by atoms with van der Waals surface area (Å²) in [6.07, 6.45) is 12.6. The normalized spacial score (nSPS) is 42.6. The molecule has 3 aliphatic rings. The fraction of sp³-hybridized carbons (Fsp3) is 0.938. The second-order valence-electron chi connectivity index (χ2n) is 6.82. The SMILES string of the molecule is CC1CCCCCC1N1C2CCCC1CC(=O)C2. The summed E-state index contributed by atoms with van der Waals surface area (Å²) >= 11 is 0. The smallest absolute Gasteiger partial charge is 0.136 e. The summed E-state index contributed by atoms with van der Waals surface area (Å²) in [4.78, 5) is 14.6. The van der Waals surface area contributed by atoms with Crippen LogP contribution in [0, 0.1) is 5.92 Å². The first-order valence-electron chi connectivity index (χ1n) is 8.05. The first kappa shape index (κ1) is 12.7. The van der Waals surface area contributed by atoms with Gasteiger partial charge in [-0.1, -0.05) is 32.6 Å². The van der Waals surface area contributed by atoms with Crippen LogP contribution in [-0.2, 0) is 4.79 Å². The fourth-order valence-corrected chi connectivity index (χ4v) is 4.67. The molecule has 3 fully saturated rings. The topological polar surface area (TPSA) is 20.3 Å². The number of Topliss-reactive ketones (excluding diaryl/α,β-unsaturated/α-hetero) is 1.